The van der Waals surface area contributed by atoms with E-state index in [1.54, 1.807) is 0 Å². The van der Waals surface area contributed by atoms with Gasteiger partial charge >= 0.3 is 0 Å². The van der Waals surface area contributed by atoms with Gasteiger partial charge < -0.3 is 5.32 Å². The molecule has 1 aromatic rings. The Bertz CT molecular complexity index is 489. The summed E-state index contributed by atoms with van der Waals surface area (Å²) in [4.78, 5) is 11.8. The summed E-state index contributed by atoms with van der Waals surface area (Å²) < 4.78 is 0.180. The number of rotatable bonds is 1. The van der Waals surface area contributed by atoms with Crippen molar-refractivity contribution in [3.63, 3.8) is 0 Å². The standard InChI is InChI=1S/C13H14BrNO/c1-12(2)9-4-3-8(13(14)5-6-13)7-10(9)15-11(12)16/h3-4,7H,5-6H2,1-2H3,(H,15,16). The Hall–Kier alpha value is -0.830. The van der Waals surface area contributed by atoms with Crippen LogP contribution in [0.1, 0.15) is 37.8 Å². The molecule has 0 spiro atoms. The Morgan fingerprint density at radius 3 is 2.62 bits per heavy atom. The summed E-state index contributed by atoms with van der Waals surface area (Å²) in [5, 5.41) is 2.97. The number of carbonyl (C=O) groups excluding carboxylic acids is 1. The van der Waals surface area contributed by atoms with Gasteiger partial charge in [0.15, 0.2) is 0 Å². The van der Waals surface area contributed by atoms with E-state index in [1.165, 1.54) is 18.4 Å². The van der Waals surface area contributed by atoms with Crippen molar-refractivity contribution in [1.82, 2.24) is 0 Å². The molecule has 3 rings (SSSR count). The van der Waals surface area contributed by atoms with Gasteiger partial charge in [-0.2, -0.15) is 0 Å². The van der Waals surface area contributed by atoms with E-state index in [4.69, 9.17) is 0 Å². The van der Waals surface area contributed by atoms with Crippen LogP contribution in [0.25, 0.3) is 0 Å². The molecule has 84 valence electrons. The monoisotopic (exact) mass is 279 g/mol. The van der Waals surface area contributed by atoms with Gasteiger partial charge in [-0.3, -0.25) is 4.79 Å². The molecular weight excluding hydrogens is 266 g/mol. The van der Waals surface area contributed by atoms with Gasteiger partial charge in [-0.15, -0.1) is 0 Å². The summed E-state index contributed by atoms with van der Waals surface area (Å²) in [6.07, 6.45) is 2.37. The summed E-state index contributed by atoms with van der Waals surface area (Å²) in [7, 11) is 0. The quantitative estimate of drug-likeness (QED) is 0.786. The number of hydrogen-bond donors (Lipinski definition) is 1. The molecule has 0 aromatic heterocycles. The lowest BCUT2D eigenvalue weighted by Gasteiger charge is -2.15. The molecule has 0 atom stereocenters. The van der Waals surface area contributed by atoms with Crippen LogP contribution in [0.4, 0.5) is 5.69 Å². The normalized spacial score (nSPS) is 23.8. The van der Waals surface area contributed by atoms with Crippen LogP contribution < -0.4 is 5.32 Å². The zero-order valence-electron chi connectivity index (χ0n) is 9.43. The van der Waals surface area contributed by atoms with Crippen LogP contribution in [0.5, 0.6) is 0 Å². The highest BCUT2D eigenvalue weighted by atomic mass is 79.9. The third-order valence-corrected chi connectivity index (χ3v) is 4.97. The van der Waals surface area contributed by atoms with Crippen LogP contribution in [-0.4, -0.2) is 5.91 Å². The molecule has 0 radical (unpaired) electrons. The van der Waals surface area contributed by atoms with Gasteiger partial charge in [-0.05, 0) is 43.9 Å². The highest BCUT2D eigenvalue weighted by Gasteiger charge is 2.44. The van der Waals surface area contributed by atoms with E-state index in [9.17, 15) is 4.79 Å². The maximum Gasteiger partial charge on any atom is 0.234 e. The molecule has 1 aromatic carbocycles. The molecule has 0 unspecified atom stereocenters. The van der Waals surface area contributed by atoms with E-state index < -0.39 is 5.41 Å². The predicted octanol–water partition coefficient (Wildman–Crippen LogP) is 3.30. The molecule has 1 fully saturated rings. The maximum atomic E-state index is 11.8. The van der Waals surface area contributed by atoms with Crippen LogP contribution in [0.15, 0.2) is 18.2 Å². The van der Waals surface area contributed by atoms with Gasteiger partial charge in [0.2, 0.25) is 5.91 Å². The molecule has 1 N–H and O–H groups in total. The zero-order chi connectivity index (χ0) is 11.6. The first kappa shape index (κ1) is 10.3. The third-order valence-electron chi connectivity index (χ3n) is 3.72. The van der Waals surface area contributed by atoms with Gasteiger partial charge in [-0.25, -0.2) is 0 Å². The van der Waals surface area contributed by atoms with Crippen LogP contribution in [0, 0.1) is 0 Å². The lowest BCUT2D eigenvalue weighted by atomic mass is 9.85. The number of amides is 1. The average molecular weight is 280 g/mol. The van der Waals surface area contributed by atoms with Gasteiger partial charge in [-0.1, -0.05) is 28.1 Å². The molecule has 1 aliphatic heterocycles. The fourth-order valence-corrected chi connectivity index (χ4v) is 2.72. The Morgan fingerprint density at radius 1 is 1.31 bits per heavy atom. The van der Waals surface area contributed by atoms with Crippen LogP contribution in [-0.2, 0) is 14.5 Å². The summed E-state index contributed by atoms with van der Waals surface area (Å²) in [5.41, 5.74) is 2.98. The van der Waals surface area contributed by atoms with Crippen molar-refractivity contribution in [1.29, 1.82) is 0 Å². The van der Waals surface area contributed by atoms with Gasteiger partial charge in [0, 0.05) is 5.69 Å². The number of carbonyl (C=O) groups is 1. The van der Waals surface area contributed by atoms with Gasteiger partial charge in [0.25, 0.3) is 0 Å². The summed E-state index contributed by atoms with van der Waals surface area (Å²) >= 11 is 3.74. The van der Waals surface area contributed by atoms with E-state index in [1.807, 2.05) is 13.8 Å². The summed E-state index contributed by atoms with van der Waals surface area (Å²) in [6.45, 7) is 3.93. The van der Waals surface area contributed by atoms with Crippen LogP contribution in [0.2, 0.25) is 0 Å². The molecule has 16 heavy (non-hydrogen) atoms. The smallest absolute Gasteiger partial charge is 0.234 e. The molecule has 3 heteroatoms. The molecule has 1 amide bonds. The molecule has 0 bridgehead atoms. The van der Waals surface area contributed by atoms with Crippen molar-refractivity contribution in [3.05, 3.63) is 29.3 Å². The second-order valence-corrected chi connectivity index (χ2v) is 6.82. The third kappa shape index (κ3) is 1.27. The topological polar surface area (TPSA) is 29.1 Å². The Balaban J connectivity index is 2.09. The molecular formula is C13H14BrNO. The minimum atomic E-state index is -0.392. The lowest BCUT2D eigenvalue weighted by molar-refractivity contribution is -0.119. The van der Waals surface area contributed by atoms with Crippen LogP contribution in [0.3, 0.4) is 0 Å². The SMILES string of the molecule is CC1(C)C(=O)Nc2cc(C3(Br)CC3)ccc21. The first-order valence-corrected chi connectivity index (χ1v) is 6.38. The van der Waals surface area contributed by atoms with E-state index in [0.717, 1.165) is 11.3 Å². The number of nitrogens with one attached hydrogen (secondary N) is 1. The highest BCUT2D eigenvalue weighted by Crippen LogP contribution is 2.55. The Kier molecular flexibility index (Phi) is 1.87. The number of hydrogen-bond acceptors (Lipinski definition) is 1. The van der Waals surface area contributed by atoms with Crippen molar-refractivity contribution >= 4 is 27.5 Å². The molecule has 1 aliphatic carbocycles. The molecule has 1 saturated carbocycles. The number of anilines is 1. The second-order valence-electron chi connectivity index (χ2n) is 5.30. The number of halogens is 1. The summed E-state index contributed by atoms with van der Waals surface area (Å²) in [5.74, 6) is 0.0964. The van der Waals surface area contributed by atoms with Crippen molar-refractivity contribution < 1.29 is 4.79 Å². The minimum Gasteiger partial charge on any atom is -0.325 e. The predicted molar refractivity (Wildman–Crippen MR) is 67.9 cm³/mol. The molecule has 2 nitrogen and oxygen atoms in total. The van der Waals surface area contributed by atoms with Crippen molar-refractivity contribution in [2.75, 3.05) is 5.32 Å². The minimum absolute atomic E-state index is 0.0964. The first-order valence-electron chi connectivity index (χ1n) is 5.59. The molecule has 1 heterocycles. The fraction of sp³-hybridized carbons (Fsp3) is 0.462. The van der Waals surface area contributed by atoms with Gasteiger partial charge in [0.1, 0.15) is 0 Å². The van der Waals surface area contributed by atoms with E-state index in [-0.39, 0.29) is 10.2 Å². The first-order chi connectivity index (χ1) is 7.43. The van der Waals surface area contributed by atoms with Crippen molar-refractivity contribution in [2.24, 2.45) is 0 Å². The molecule has 2 aliphatic rings. The Labute approximate surface area is 104 Å². The zero-order valence-corrected chi connectivity index (χ0v) is 11.0. The van der Waals surface area contributed by atoms with E-state index >= 15 is 0 Å². The fourth-order valence-electron chi connectivity index (χ4n) is 2.27. The highest BCUT2D eigenvalue weighted by molar-refractivity contribution is 9.09. The average Bonchev–Trinajstić information content (AvgIpc) is 2.92. The summed E-state index contributed by atoms with van der Waals surface area (Å²) in [6, 6.07) is 6.34. The molecule has 0 saturated heterocycles. The number of benzene rings is 1. The van der Waals surface area contributed by atoms with E-state index in [0.29, 0.717) is 0 Å². The lowest BCUT2D eigenvalue weighted by Crippen LogP contribution is -2.26. The van der Waals surface area contributed by atoms with Crippen LogP contribution >= 0.6 is 15.9 Å². The second kappa shape index (κ2) is 2.89. The van der Waals surface area contributed by atoms with Gasteiger partial charge in [0.05, 0.1) is 9.74 Å². The van der Waals surface area contributed by atoms with Crippen molar-refractivity contribution in [2.45, 2.75) is 36.4 Å². The van der Waals surface area contributed by atoms with Crippen molar-refractivity contribution in [3.8, 4) is 0 Å². The Morgan fingerprint density at radius 2 is 2.00 bits per heavy atom. The van der Waals surface area contributed by atoms with E-state index in [2.05, 4.69) is 39.4 Å². The number of alkyl halides is 1. The number of fused-ring (bicyclic) bond motifs is 1. The largest absolute Gasteiger partial charge is 0.325 e. The maximum absolute atomic E-state index is 11.8.